The molecule has 0 heterocycles. The Labute approximate surface area is 124 Å². The van der Waals surface area contributed by atoms with E-state index in [1.807, 2.05) is 18.2 Å². The van der Waals surface area contributed by atoms with E-state index < -0.39 is 0 Å². The molecule has 1 saturated carbocycles. The highest BCUT2D eigenvalue weighted by Crippen LogP contribution is 2.27. The Kier molecular flexibility index (Phi) is 4.08. The van der Waals surface area contributed by atoms with Crippen molar-refractivity contribution in [2.24, 2.45) is 11.1 Å². The molecule has 0 spiro atoms. The van der Waals surface area contributed by atoms with Crippen molar-refractivity contribution in [3.63, 3.8) is 0 Å². The van der Waals surface area contributed by atoms with Gasteiger partial charge in [-0.05, 0) is 55.7 Å². The van der Waals surface area contributed by atoms with Gasteiger partial charge in [0.2, 0.25) is 0 Å². The number of nitrogens with zero attached hydrogens (tertiary/aromatic N) is 1. The SMILES string of the molecule is O=C(COc1ccc2c(c1)/C(=N\O)CCC2)NCC1CC1. The number of ether oxygens (including phenoxy) is 1. The van der Waals surface area contributed by atoms with Gasteiger partial charge in [-0.15, -0.1) is 0 Å². The molecule has 3 rings (SSSR count). The van der Waals surface area contributed by atoms with E-state index in [1.54, 1.807) is 0 Å². The average molecular weight is 288 g/mol. The van der Waals surface area contributed by atoms with E-state index in [1.165, 1.54) is 18.4 Å². The van der Waals surface area contributed by atoms with Gasteiger partial charge >= 0.3 is 0 Å². The van der Waals surface area contributed by atoms with Crippen molar-refractivity contribution in [3.05, 3.63) is 29.3 Å². The maximum atomic E-state index is 11.7. The zero-order valence-corrected chi connectivity index (χ0v) is 12.0. The lowest BCUT2D eigenvalue weighted by molar-refractivity contribution is -0.123. The van der Waals surface area contributed by atoms with Gasteiger partial charge in [0.05, 0.1) is 5.71 Å². The first-order valence-electron chi connectivity index (χ1n) is 7.50. The predicted octanol–water partition coefficient (Wildman–Crippen LogP) is 2.11. The summed E-state index contributed by atoms with van der Waals surface area (Å²) in [5, 5.41) is 15.3. The maximum Gasteiger partial charge on any atom is 0.257 e. The summed E-state index contributed by atoms with van der Waals surface area (Å²) in [7, 11) is 0. The summed E-state index contributed by atoms with van der Waals surface area (Å²) in [6, 6.07) is 5.71. The molecule has 0 unspecified atom stereocenters. The average Bonchev–Trinajstić information content (AvgIpc) is 3.34. The van der Waals surface area contributed by atoms with Gasteiger partial charge in [0.1, 0.15) is 5.75 Å². The summed E-state index contributed by atoms with van der Waals surface area (Å²) >= 11 is 0. The summed E-state index contributed by atoms with van der Waals surface area (Å²) in [6.07, 6.45) is 5.19. The van der Waals surface area contributed by atoms with Gasteiger partial charge in [0, 0.05) is 12.1 Å². The third kappa shape index (κ3) is 3.54. The topological polar surface area (TPSA) is 70.9 Å². The Morgan fingerprint density at radius 3 is 3.00 bits per heavy atom. The van der Waals surface area contributed by atoms with Crippen LogP contribution in [0.4, 0.5) is 0 Å². The van der Waals surface area contributed by atoms with Gasteiger partial charge in [-0.3, -0.25) is 4.79 Å². The highest BCUT2D eigenvalue weighted by molar-refractivity contribution is 6.02. The first kappa shape index (κ1) is 13.9. The molecule has 1 fully saturated rings. The normalized spacial score (nSPS) is 19.1. The first-order valence-corrected chi connectivity index (χ1v) is 7.50. The molecule has 0 radical (unpaired) electrons. The van der Waals surface area contributed by atoms with Gasteiger partial charge < -0.3 is 15.3 Å². The molecule has 2 N–H and O–H groups in total. The number of fused-ring (bicyclic) bond motifs is 1. The Morgan fingerprint density at radius 2 is 2.24 bits per heavy atom. The standard InChI is InChI=1S/C16H20N2O3/c19-16(17-9-11-4-5-11)10-21-13-7-6-12-2-1-3-15(18-20)14(12)8-13/h6-8,11,20H,1-5,9-10H2,(H,17,19)/b18-15-. The fraction of sp³-hybridized carbons (Fsp3) is 0.500. The molecule has 2 aliphatic carbocycles. The van der Waals surface area contributed by atoms with Crippen LogP contribution in [0.5, 0.6) is 5.75 Å². The van der Waals surface area contributed by atoms with Gasteiger partial charge in [-0.2, -0.15) is 0 Å². The van der Waals surface area contributed by atoms with Crippen LogP contribution < -0.4 is 10.1 Å². The molecular weight excluding hydrogens is 268 g/mol. The van der Waals surface area contributed by atoms with Crippen molar-refractivity contribution in [2.45, 2.75) is 32.1 Å². The van der Waals surface area contributed by atoms with E-state index in [4.69, 9.17) is 9.94 Å². The Hall–Kier alpha value is -2.04. The van der Waals surface area contributed by atoms with Crippen LogP contribution in [-0.2, 0) is 11.2 Å². The van der Waals surface area contributed by atoms with E-state index >= 15 is 0 Å². The van der Waals surface area contributed by atoms with Crippen LogP contribution in [-0.4, -0.2) is 30.0 Å². The van der Waals surface area contributed by atoms with Crippen LogP contribution in [0.3, 0.4) is 0 Å². The summed E-state index contributed by atoms with van der Waals surface area (Å²) in [5.74, 6) is 1.22. The minimum Gasteiger partial charge on any atom is -0.484 e. The van der Waals surface area contributed by atoms with E-state index in [2.05, 4.69) is 10.5 Å². The monoisotopic (exact) mass is 288 g/mol. The van der Waals surface area contributed by atoms with Gasteiger partial charge in [0.25, 0.3) is 5.91 Å². The third-order valence-electron chi connectivity index (χ3n) is 4.03. The largest absolute Gasteiger partial charge is 0.484 e. The molecule has 0 saturated heterocycles. The highest BCUT2D eigenvalue weighted by atomic mass is 16.5. The van der Waals surface area contributed by atoms with Crippen LogP contribution in [0.2, 0.25) is 0 Å². The van der Waals surface area contributed by atoms with Crippen LogP contribution in [0.15, 0.2) is 23.4 Å². The number of carbonyl (C=O) groups is 1. The molecule has 5 nitrogen and oxygen atoms in total. The zero-order chi connectivity index (χ0) is 14.7. The van der Waals surface area contributed by atoms with E-state index in [0.29, 0.717) is 17.4 Å². The number of nitrogens with one attached hydrogen (secondary N) is 1. The van der Waals surface area contributed by atoms with E-state index in [9.17, 15) is 4.79 Å². The van der Waals surface area contributed by atoms with Crippen LogP contribution in [0.25, 0.3) is 0 Å². The fourth-order valence-corrected chi connectivity index (χ4v) is 2.60. The smallest absolute Gasteiger partial charge is 0.257 e. The lowest BCUT2D eigenvalue weighted by Gasteiger charge is -2.17. The first-order chi connectivity index (χ1) is 10.3. The molecule has 0 bridgehead atoms. The number of benzene rings is 1. The van der Waals surface area contributed by atoms with Gasteiger partial charge in [-0.25, -0.2) is 0 Å². The third-order valence-corrected chi connectivity index (χ3v) is 4.03. The van der Waals surface area contributed by atoms with Crippen LogP contribution >= 0.6 is 0 Å². The molecule has 1 aromatic rings. The molecule has 21 heavy (non-hydrogen) atoms. The molecule has 5 heteroatoms. The van der Waals surface area contributed by atoms with Crippen molar-refractivity contribution in [3.8, 4) is 5.75 Å². The Bertz CT molecular complexity index is 565. The van der Waals surface area contributed by atoms with Gasteiger partial charge in [-0.1, -0.05) is 11.2 Å². The number of oxime groups is 1. The Balaban J connectivity index is 1.59. The minimum absolute atomic E-state index is 0.0249. The number of aryl methyl sites for hydroxylation is 1. The second kappa shape index (κ2) is 6.16. The van der Waals surface area contributed by atoms with E-state index in [0.717, 1.165) is 31.4 Å². The number of rotatable bonds is 5. The van der Waals surface area contributed by atoms with Crippen molar-refractivity contribution in [2.75, 3.05) is 13.2 Å². The Morgan fingerprint density at radius 1 is 1.38 bits per heavy atom. The van der Waals surface area contributed by atoms with Crippen LogP contribution in [0, 0.1) is 5.92 Å². The second-order valence-corrected chi connectivity index (χ2v) is 5.76. The molecule has 1 aromatic carbocycles. The zero-order valence-electron chi connectivity index (χ0n) is 12.0. The predicted molar refractivity (Wildman–Crippen MR) is 78.9 cm³/mol. The van der Waals surface area contributed by atoms with Gasteiger partial charge in [0.15, 0.2) is 6.61 Å². The molecule has 0 aliphatic heterocycles. The number of amides is 1. The van der Waals surface area contributed by atoms with Crippen molar-refractivity contribution in [1.82, 2.24) is 5.32 Å². The van der Waals surface area contributed by atoms with Crippen LogP contribution in [0.1, 0.15) is 36.8 Å². The lowest BCUT2D eigenvalue weighted by Crippen LogP contribution is -2.30. The van der Waals surface area contributed by atoms with E-state index in [-0.39, 0.29) is 12.5 Å². The quantitative estimate of drug-likeness (QED) is 0.644. The summed E-state index contributed by atoms with van der Waals surface area (Å²) < 4.78 is 5.53. The number of carbonyl (C=O) groups excluding carboxylic acids is 1. The number of hydrogen-bond donors (Lipinski definition) is 2. The lowest BCUT2D eigenvalue weighted by atomic mass is 9.90. The van der Waals surface area contributed by atoms with Crippen molar-refractivity contribution >= 4 is 11.6 Å². The molecule has 0 atom stereocenters. The molecule has 0 aromatic heterocycles. The van der Waals surface area contributed by atoms with Crippen molar-refractivity contribution < 1.29 is 14.7 Å². The summed E-state index contributed by atoms with van der Waals surface area (Å²) in [6.45, 7) is 0.783. The fourth-order valence-electron chi connectivity index (χ4n) is 2.60. The maximum absolute atomic E-state index is 11.7. The highest BCUT2D eigenvalue weighted by Gasteiger charge is 2.21. The minimum atomic E-state index is -0.0873. The molecular formula is C16H20N2O3. The molecule has 1 amide bonds. The number of hydrogen-bond acceptors (Lipinski definition) is 4. The summed E-state index contributed by atoms with van der Waals surface area (Å²) in [4.78, 5) is 11.7. The van der Waals surface area contributed by atoms with Crippen molar-refractivity contribution in [1.29, 1.82) is 0 Å². The molecule has 2 aliphatic rings. The second-order valence-electron chi connectivity index (χ2n) is 5.76. The molecule has 112 valence electrons. The summed E-state index contributed by atoms with van der Waals surface area (Å²) in [5.41, 5.74) is 2.79.